The highest BCUT2D eigenvalue weighted by molar-refractivity contribution is 5.62. The van der Waals surface area contributed by atoms with Crippen LogP contribution in [0.1, 0.15) is 12.8 Å². The van der Waals surface area contributed by atoms with Gasteiger partial charge in [-0.15, -0.1) is 0 Å². The summed E-state index contributed by atoms with van der Waals surface area (Å²) >= 11 is 0. The second-order valence-corrected chi connectivity index (χ2v) is 3.92. The Kier molecular flexibility index (Phi) is 3.39. The Morgan fingerprint density at radius 1 is 1.41 bits per heavy atom. The highest BCUT2D eigenvalue weighted by Gasteiger charge is 2.13. The first-order valence-electron chi connectivity index (χ1n) is 5.49. The van der Waals surface area contributed by atoms with E-state index in [0.717, 1.165) is 0 Å². The summed E-state index contributed by atoms with van der Waals surface area (Å²) in [5, 5.41) is 16.6. The van der Waals surface area contributed by atoms with Gasteiger partial charge in [0.15, 0.2) is 0 Å². The van der Waals surface area contributed by atoms with E-state index in [1.165, 1.54) is 0 Å². The minimum absolute atomic E-state index is 0.154. The highest BCUT2D eigenvalue weighted by atomic mass is 16.5. The van der Waals surface area contributed by atoms with Crippen LogP contribution in [0.25, 0.3) is 11.4 Å². The molecule has 0 radical (unpaired) electrons. The first kappa shape index (κ1) is 11.6. The standard InChI is InChI=1S/C12H15N3O2/c1-8(13-2)7-11-14-12(15-17-11)9-5-3-4-6-10(9)16/h3-6,8,13,16H,7H2,1-2H3. The van der Waals surface area contributed by atoms with Crippen molar-refractivity contribution in [3.63, 3.8) is 0 Å². The van der Waals surface area contributed by atoms with Crippen LogP contribution in [0.15, 0.2) is 28.8 Å². The molecule has 2 rings (SSSR count). The third-order valence-corrected chi connectivity index (χ3v) is 2.59. The number of aromatic hydroxyl groups is 1. The topological polar surface area (TPSA) is 71.2 Å². The first-order chi connectivity index (χ1) is 8.20. The predicted octanol–water partition coefficient (Wildman–Crippen LogP) is 1.59. The van der Waals surface area contributed by atoms with Crippen LogP contribution >= 0.6 is 0 Å². The van der Waals surface area contributed by atoms with Gasteiger partial charge in [-0.2, -0.15) is 4.98 Å². The molecule has 2 N–H and O–H groups in total. The van der Waals surface area contributed by atoms with Crippen LogP contribution in [-0.2, 0) is 6.42 Å². The van der Waals surface area contributed by atoms with Gasteiger partial charge in [-0.25, -0.2) is 0 Å². The van der Waals surface area contributed by atoms with Gasteiger partial charge in [0, 0.05) is 12.5 Å². The van der Waals surface area contributed by atoms with Crippen LogP contribution in [0.3, 0.4) is 0 Å². The predicted molar refractivity (Wildman–Crippen MR) is 63.6 cm³/mol. The first-order valence-corrected chi connectivity index (χ1v) is 5.49. The minimum atomic E-state index is 0.154. The molecule has 1 heterocycles. The second kappa shape index (κ2) is 4.97. The smallest absolute Gasteiger partial charge is 0.228 e. The number of phenolic OH excluding ortho intramolecular Hbond substituents is 1. The van der Waals surface area contributed by atoms with Gasteiger partial charge < -0.3 is 14.9 Å². The normalized spacial score (nSPS) is 12.6. The number of benzene rings is 1. The van der Waals surface area contributed by atoms with Crippen molar-refractivity contribution in [3.8, 4) is 17.1 Å². The van der Waals surface area contributed by atoms with Gasteiger partial charge in [0.1, 0.15) is 5.75 Å². The number of rotatable bonds is 4. The lowest BCUT2D eigenvalue weighted by Gasteiger charge is -2.04. The molecule has 0 amide bonds. The number of nitrogens with zero attached hydrogens (tertiary/aromatic N) is 2. The lowest BCUT2D eigenvalue weighted by atomic mass is 10.2. The van der Waals surface area contributed by atoms with Gasteiger partial charge in [0.2, 0.25) is 11.7 Å². The Hall–Kier alpha value is -1.88. The molecule has 0 saturated heterocycles. The molecule has 1 atom stereocenters. The van der Waals surface area contributed by atoms with E-state index in [4.69, 9.17) is 4.52 Å². The molecular weight excluding hydrogens is 218 g/mol. The molecular formula is C12H15N3O2. The average Bonchev–Trinajstić information content (AvgIpc) is 2.78. The molecule has 1 unspecified atom stereocenters. The van der Waals surface area contributed by atoms with Crippen LogP contribution in [0, 0.1) is 0 Å². The summed E-state index contributed by atoms with van der Waals surface area (Å²) in [4.78, 5) is 4.25. The summed E-state index contributed by atoms with van der Waals surface area (Å²) in [6, 6.07) is 7.20. The Balaban J connectivity index is 2.21. The zero-order chi connectivity index (χ0) is 12.3. The van der Waals surface area contributed by atoms with Crippen molar-refractivity contribution in [1.82, 2.24) is 15.5 Å². The SMILES string of the molecule is CNC(C)Cc1nc(-c2ccccc2O)no1. The molecule has 1 aromatic carbocycles. The van der Waals surface area contributed by atoms with E-state index in [1.54, 1.807) is 18.2 Å². The largest absolute Gasteiger partial charge is 0.507 e. The molecule has 90 valence electrons. The van der Waals surface area contributed by atoms with Crippen molar-refractivity contribution in [3.05, 3.63) is 30.2 Å². The molecule has 0 spiro atoms. The van der Waals surface area contributed by atoms with Gasteiger partial charge in [-0.3, -0.25) is 0 Å². The molecule has 0 aliphatic rings. The number of hydrogen-bond donors (Lipinski definition) is 2. The summed E-state index contributed by atoms with van der Waals surface area (Å²) in [5.74, 6) is 1.13. The number of likely N-dealkylation sites (N-methyl/N-ethyl adjacent to an activating group) is 1. The zero-order valence-corrected chi connectivity index (χ0v) is 9.84. The fraction of sp³-hybridized carbons (Fsp3) is 0.333. The summed E-state index contributed by atoms with van der Waals surface area (Å²) in [6.07, 6.45) is 0.664. The van der Waals surface area contributed by atoms with Crippen molar-refractivity contribution in [2.45, 2.75) is 19.4 Å². The third kappa shape index (κ3) is 2.62. The van der Waals surface area contributed by atoms with Crippen molar-refractivity contribution < 1.29 is 9.63 Å². The van der Waals surface area contributed by atoms with E-state index in [2.05, 4.69) is 15.5 Å². The van der Waals surface area contributed by atoms with Crippen LogP contribution in [0.4, 0.5) is 0 Å². The van der Waals surface area contributed by atoms with Crippen molar-refractivity contribution in [2.24, 2.45) is 0 Å². The zero-order valence-electron chi connectivity index (χ0n) is 9.84. The van der Waals surface area contributed by atoms with Gasteiger partial charge in [0.25, 0.3) is 0 Å². The number of phenols is 1. The van der Waals surface area contributed by atoms with E-state index >= 15 is 0 Å². The molecule has 0 aliphatic carbocycles. The Labute approximate surface area is 99.5 Å². The van der Waals surface area contributed by atoms with Crippen LogP contribution < -0.4 is 5.32 Å². The third-order valence-electron chi connectivity index (χ3n) is 2.59. The van der Waals surface area contributed by atoms with Crippen LogP contribution in [0.5, 0.6) is 5.75 Å². The van der Waals surface area contributed by atoms with Crippen LogP contribution in [0.2, 0.25) is 0 Å². The summed E-state index contributed by atoms with van der Waals surface area (Å²) < 4.78 is 5.13. The number of nitrogens with one attached hydrogen (secondary N) is 1. The number of para-hydroxylation sites is 1. The maximum absolute atomic E-state index is 9.67. The van der Waals surface area contributed by atoms with Crippen molar-refractivity contribution >= 4 is 0 Å². The molecule has 17 heavy (non-hydrogen) atoms. The van der Waals surface area contributed by atoms with E-state index in [1.807, 2.05) is 20.0 Å². The average molecular weight is 233 g/mol. The summed E-state index contributed by atoms with van der Waals surface area (Å²) in [6.45, 7) is 2.03. The van der Waals surface area contributed by atoms with Gasteiger partial charge >= 0.3 is 0 Å². The Morgan fingerprint density at radius 3 is 2.88 bits per heavy atom. The van der Waals surface area contributed by atoms with E-state index in [0.29, 0.717) is 23.7 Å². The molecule has 2 aromatic rings. The maximum Gasteiger partial charge on any atom is 0.228 e. The van der Waals surface area contributed by atoms with E-state index < -0.39 is 0 Å². The molecule has 0 aliphatic heterocycles. The monoisotopic (exact) mass is 233 g/mol. The maximum atomic E-state index is 9.67. The molecule has 0 saturated carbocycles. The fourth-order valence-corrected chi connectivity index (χ4v) is 1.47. The molecule has 0 bridgehead atoms. The lowest BCUT2D eigenvalue weighted by molar-refractivity contribution is 0.365. The van der Waals surface area contributed by atoms with Crippen molar-refractivity contribution in [1.29, 1.82) is 0 Å². The van der Waals surface area contributed by atoms with E-state index in [-0.39, 0.29) is 11.8 Å². The molecule has 5 nitrogen and oxygen atoms in total. The Bertz CT molecular complexity index is 496. The summed E-state index contributed by atoms with van der Waals surface area (Å²) in [7, 11) is 1.88. The van der Waals surface area contributed by atoms with Crippen molar-refractivity contribution in [2.75, 3.05) is 7.05 Å². The minimum Gasteiger partial charge on any atom is -0.507 e. The van der Waals surface area contributed by atoms with Gasteiger partial charge in [0.05, 0.1) is 5.56 Å². The molecule has 1 aromatic heterocycles. The number of aromatic nitrogens is 2. The Morgan fingerprint density at radius 2 is 2.18 bits per heavy atom. The summed E-state index contributed by atoms with van der Waals surface area (Å²) in [5.41, 5.74) is 0.583. The molecule has 5 heteroatoms. The second-order valence-electron chi connectivity index (χ2n) is 3.92. The molecule has 0 fully saturated rings. The fourth-order valence-electron chi connectivity index (χ4n) is 1.47. The van der Waals surface area contributed by atoms with Crippen LogP contribution in [-0.4, -0.2) is 28.3 Å². The number of hydrogen-bond acceptors (Lipinski definition) is 5. The van der Waals surface area contributed by atoms with E-state index in [9.17, 15) is 5.11 Å². The quantitative estimate of drug-likeness (QED) is 0.839. The highest BCUT2D eigenvalue weighted by Crippen LogP contribution is 2.25. The van der Waals surface area contributed by atoms with Gasteiger partial charge in [-0.05, 0) is 26.1 Å². The lowest BCUT2D eigenvalue weighted by Crippen LogP contribution is -2.23. The van der Waals surface area contributed by atoms with Gasteiger partial charge in [-0.1, -0.05) is 17.3 Å².